The van der Waals surface area contributed by atoms with Gasteiger partial charge in [0, 0.05) is 32.8 Å². The highest BCUT2D eigenvalue weighted by Gasteiger charge is 2.15. The topological polar surface area (TPSA) is 27.7 Å². The monoisotopic (exact) mass is 1640 g/mol. The number of aryl methyl sites for hydroxylation is 9. The van der Waals surface area contributed by atoms with E-state index in [1.165, 1.54) is 79.4 Å². The number of hydrogen-bond donors (Lipinski definition) is 0. The van der Waals surface area contributed by atoms with Gasteiger partial charge in [0.15, 0.2) is 11.6 Å². The van der Waals surface area contributed by atoms with Crippen LogP contribution in [0.15, 0.2) is 170 Å². The van der Waals surface area contributed by atoms with E-state index in [1.54, 1.807) is 61.2 Å². The molecule has 0 aliphatic heterocycles. The fourth-order valence-electron chi connectivity index (χ4n) is 11.4. The van der Waals surface area contributed by atoms with Crippen LogP contribution >= 0.6 is 34.8 Å². The van der Waals surface area contributed by atoms with Crippen LogP contribution in [-0.4, -0.2) is 21.3 Å². The molecule has 0 atom stereocenters. The van der Waals surface area contributed by atoms with E-state index >= 15 is 0 Å². The van der Waals surface area contributed by atoms with E-state index in [9.17, 15) is 30.7 Å². The Kier molecular flexibility index (Phi) is 48.0. The molecule has 0 aliphatic rings. The Bertz CT molecular complexity index is 4160. The molecule has 0 spiro atoms. The standard InChI is InChI=1S/3C11H16O.3C10H13Cl.C10H12F2.2C10H13F.C9H9F3/c3*1-8(2)10-5-6-11(12-4)9(3)7-10;1-7(2)9-4-8(3)5-10(11)6-9;2*1-7(2)9-4-5-10(11)8(3)6-9;1-6(2)8-5-10(12)9(11)4-7(8)3;1-7(2)9-4-8(3)5-10(11)6-9;1-7(2)9-4-5-10(11)8(3)6-9;1-5(2)9-7(11)3-6(10)4-8(9)12/h3*5-8H,1-4H3;3*4-7H,1-3H3;4-6H,1-3H3;2*4-7H,1-3H3;3-5H,1-2H3. The van der Waals surface area contributed by atoms with E-state index < -0.39 is 29.1 Å². The predicted octanol–water partition coefficient (Wildman–Crippen LogP) is 33.8. The Morgan fingerprint density at radius 1 is 0.226 bits per heavy atom. The van der Waals surface area contributed by atoms with Crippen LogP contribution in [0.1, 0.15) is 303 Å². The van der Waals surface area contributed by atoms with Gasteiger partial charge in [0.2, 0.25) is 0 Å². The molecule has 0 saturated carbocycles. The molecule has 0 unspecified atom stereocenters. The summed E-state index contributed by atoms with van der Waals surface area (Å²) in [6.45, 7) is 59.7. The lowest BCUT2D eigenvalue weighted by Crippen LogP contribution is -1.98. The summed E-state index contributed by atoms with van der Waals surface area (Å²) in [4.78, 5) is 0. The quantitative estimate of drug-likeness (QED) is 0.108. The summed E-state index contributed by atoms with van der Waals surface area (Å²) < 4.78 is 105. The van der Waals surface area contributed by atoms with Crippen molar-refractivity contribution in [1.29, 1.82) is 0 Å². The maximum absolute atomic E-state index is 12.9. The van der Waals surface area contributed by atoms with Crippen molar-refractivity contribution in [3.63, 3.8) is 0 Å². The maximum Gasteiger partial charge on any atom is 0.159 e. The molecule has 10 aromatic rings. The molecule has 630 valence electrons. The first-order valence-electron chi connectivity index (χ1n) is 39.9. The van der Waals surface area contributed by atoms with Gasteiger partial charge in [-0.15, -0.1) is 0 Å². The minimum Gasteiger partial charge on any atom is -0.496 e. The normalized spacial score (nSPS) is 10.6. The summed E-state index contributed by atoms with van der Waals surface area (Å²) in [5.41, 5.74) is 20.9. The first-order valence-corrected chi connectivity index (χ1v) is 41.0. The van der Waals surface area contributed by atoms with Crippen molar-refractivity contribution in [1.82, 2.24) is 0 Å². The van der Waals surface area contributed by atoms with E-state index in [0.717, 1.165) is 71.3 Å². The van der Waals surface area contributed by atoms with Crippen LogP contribution in [0.3, 0.4) is 0 Å². The summed E-state index contributed by atoms with van der Waals surface area (Å²) in [5.74, 6) is 2.99. The molecule has 0 aromatic heterocycles. The van der Waals surface area contributed by atoms with Gasteiger partial charge in [-0.05, 0) is 294 Å². The largest absolute Gasteiger partial charge is 0.496 e. The summed E-state index contributed by atoms with van der Waals surface area (Å²) >= 11 is 17.7. The molecule has 0 bridgehead atoms. The molecule has 3 nitrogen and oxygen atoms in total. The number of methoxy groups -OCH3 is 3. The molecule has 13 heteroatoms. The van der Waals surface area contributed by atoms with Crippen molar-refractivity contribution in [2.75, 3.05) is 21.3 Å². The molecular weight excluding hydrogens is 1510 g/mol. The van der Waals surface area contributed by atoms with Crippen LogP contribution < -0.4 is 14.2 Å². The van der Waals surface area contributed by atoms with E-state index in [1.807, 2.05) is 95.3 Å². The van der Waals surface area contributed by atoms with E-state index in [-0.39, 0.29) is 29.0 Å². The third-order valence-electron chi connectivity index (χ3n) is 18.8. The number of halogens is 10. The number of ether oxygens (including phenoxy) is 3. The second-order valence-electron chi connectivity index (χ2n) is 32.3. The van der Waals surface area contributed by atoms with Crippen molar-refractivity contribution >= 4 is 34.8 Å². The Hall–Kier alpha value is -8.02. The Labute approximate surface area is 705 Å². The lowest BCUT2D eigenvalue weighted by molar-refractivity contribution is 0.411. The van der Waals surface area contributed by atoms with Gasteiger partial charge in [-0.3, -0.25) is 0 Å². The zero-order chi connectivity index (χ0) is 88.2. The van der Waals surface area contributed by atoms with Gasteiger partial charge in [0.25, 0.3) is 0 Å². The van der Waals surface area contributed by atoms with Gasteiger partial charge in [0.1, 0.15) is 46.3 Å². The van der Waals surface area contributed by atoms with Crippen LogP contribution in [-0.2, 0) is 0 Å². The van der Waals surface area contributed by atoms with E-state index in [0.29, 0.717) is 59.5 Å². The Morgan fingerprint density at radius 3 is 0.791 bits per heavy atom. The van der Waals surface area contributed by atoms with Crippen LogP contribution in [0.25, 0.3) is 0 Å². The average molecular weight is 1650 g/mol. The second kappa shape index (κ2) is 52.6. The molecule has 0 radical (unpaired) electrons. The summed E-state index contributed by atoms with van der Waals surface area (Å²) in [5, 5.41) is 2.55. The van der Waals surface area contributed by atoms with Crippen molar-refractivity contribution in [2.24, 2.45) is 0 Å². The lowest BCUT2D eigenvalue weighted by Gasteiger charge is -2.09. The first kappa shape index (κ1) is 105. The van der Waals surface area contributed by atoms with Crippen molar-refractivity contribution in [3.05, 3.63) is 331 Å². The van der Waals surface area contributed by atoms with Gasteiger partial charge in [-0.2, -0.15) is 0 Å². The predicted molar refractivity (Wildman–Crippen MR) is 482 cm³/mol. The van der Waals surface area contributed by atoms with Gasteiger partial charge >= 0.3 is 0 Å². The zero-order valence-electron chi connectivity index (χ0n) is 74.9. The molecule has 0 aliphatic carbocycles. The molecule has 0 heterocycles. The SMILES string of the molecule is CC(C)c1c(F)cc(F)cc1F.COc1ccc(C(C)C)cc1C.COc1ccc(C(C)C)cc1C.COc1ccc(C(C)C)cc1C.Cc1cc(C(C)C)ccc1Cl.Cc1cc(C(C)C)ccc1Cl.Cc1cc(C(C)C)ccc1F.Cc1cc(Cl)cc(C(C)C)c1.Cc1cc(F)c(F)cc1C(C)C.Cc1cc(F)cc(C(C)C)c1. The fourth-order valence-corrected chi connectivity index (χ4v) is 12.0. The minimum atomic E-state index is -0.880. The maximum atomic E-state index is 12.9. The Balaban J connectivity index is 0.000000639. The average Bonchev–Trinajstić information content (AvgIpc) is 0.808. The summed E-state index contributed by atoms with van der Waals surface area (Å²) in [7, 11) is 5.12. The van der Waals surface area contributed by atoms with Crippen LogP contribution in [0.5, 0.6) is 17.2 Å². The molecule has 0 amide bonds. The molecule has 115 heavy (non-hydrogen) atoms. The molecule has 0 saturated heterocycles. The van der Waals surface area contributed by atoms with E-state index in [4.69, 9.17) is 49.0 Å². The molecule has 0 N–H and O–H groups in total. The molecule has 10 aromatic carbocycles. The van der Waals surface area contributed by atoms with Gasteiger partial charge in [-0.25, -0.2) is 30.7 Å². The molecular formula is C102H134Cl3F7O3. The van der Waals surface area contributed by atoms with Crippen LogP contribution in [0, 0.1) is 103 Å². The zero-order valence-corrected chi connectivity index (χ0v) is 77.2. The van der Waals surface area contributed by atoms with E-state index in [2.05, 4.69) is 205 Å². The van der Waals surface area contributed by atoms with Gasteiger partial charge in [0.05, 0.1) is 21.3 Å². The smallest absolute Gasteiger partial charge is 0.159 e. The van der Waals surface area contributed by atoms with Crippen molar-refractivity contribution in [3.8, 4) is 17.2 Å². The summed E-state index contributed by atoms with van der Waals surface area (Å²) in [6.07, 6.45) is 0. The Morgan fingerprint density at radius 2 is 0.513 bits per heavy atom. The highest BCUT2D eigenvalue weighted by atomic mass is 35.5. The number of benzene rings is 10. The first-order chi connectivity index (χ1) is 53.5. The van der Waals surface area contributed by atoms with Crippen molar-refractivity contribution < 1.29 is 44.9 Å². The number of rotatable bonds is 13. The fraction of sp³-hybridized carbons (Fsp3) is 0.412. The third-order valence-corrected chi connectivity index (χ3v) is 19.9. The molecule has 10 rings (SSSR count). The van der Waals surface area contributed by atoms with Crippen molar-refractivity contribution in [2.45, 2.75) is 260 Å². The van der Waals surface area contributed by atoms with Gasteiger partial charge in [-0.1, -0.05) is 258 Å². The third kappa shape index (κ3) is 38.7. The summed E-state index contributed by atoms with van der Waals surface area (Å²) in [6, 6.07) is 51.9. The number of hydrogen-bond acceptors (Lipinski definition) is 3. The lowest BCUT2D eigenvalue weighted by atomic mass is 9.98. The highest BCUT2D eigenvalue weighted by molar-refractivity contribution is 6.31. The second-order valence-corrected chi connectivity index (χ2v) is 33.5. The molecule has 0 fully saturated rings. The minimum absolute atomic E-state index is 0.0589. The van der Waals surface area contributed by atoms with Crippen LogP contribution in [0.2, 0.25) is 15.1 Å². The van der Waals surface area contributed by atoms with Crippen LogP contribution in [0.4, 0.5) is 30.7 Å². The van der Waals surface area contributed by atoms with Gasteiger partial charge < -0.3 is 14.2 Å². The highest BCUT2D eigenvalue weighted by Crippen LogP contribution is 2.30.